The minimum Gasteiger partial charge on any atom is -0.450 e. The van der Waals surface area contributed by atoms with E-state index in [0.717, 1.165) is 18.4 Å². The van der Waals surface area contributed by atoms with Gasteiger partial charge in [-0.1, -0.05) is 6.07 Å². The number of nitrogens with one attached hydrogen (secondary N) is 2. The van der Waals surface area contributed by atoms with Crippen LogP contribution in [0.1, 0.15) is 25.3 Å². The van der Waals surface area contributed by atoms with Crippen LogP contribution in [0.3, 0.4) is 0 Å². The molecule has 1 aliphatic rings. The molecule has 29 heavy (non-hydrogen) atoms. The molecule has 8 nitrogen and oxygen atoms in total. The Morgan fingerprint density at radius 3 is 2.79 bits per heavy atom. The first-order valence-electron chi connectivity index (χ1n) is 9.76. The normalized spacial score (nSPS) is 15.3. The zero-order valence-electron chi connectivity index (χ0n) is 16.8. The second kappa shape index (κ2) is 9.90. The summed E-state index contributed by atoms with van der Waals surface area (Å²) < 4.78 is 21.1. The first-order valence-corrected chi connectivity index (χ1v) is 9.76. The molecule has 156 valence electrons. The van der Waals surface area contributed by atoms with Crippen molar-refractivity contribution in [2.24, 2.45) is 4.99 Å². The highest BCUT2D eigenvalue weighted by Crippen LogP contribution is 2.15. The number of benzene rings is 1. The molecular weight excluding hydrogens is 375 g/mol. The third-order valence-corrected chi connectivity index (χ3v) is 4.84. The zero-order valence-corrected chi connectivity index (χ0v) is 16.8. The third kappa shape index (κ3) is 5.46. The van der Waals surface area contributed by atoms with Crippen molar-refractivity contribution in [3.63, 3.8) is 0 Å². The zero-order chi connectivity index (χ0) is 20.6. The lowest BCUT2D eigenvalue weighted by atomic mass is 10.1. The molecule has 2 heterocycles. The molecule has 0 spiro atoms. The van der Waals surface area contributed by atoms with Gasteiger partial charge in [-0.2, -0.15) is 0 Å². The largest absolute Gasteiger partial charge is 0.450 e. The topological polar surface area (TPSA) is 83.8 Å². The SMILES string of the molecule is CCOC(=O)N1CCC(NC(=NC)NCc2ccc(-n3ccnc3)c(F)c2)CC1. The first kappa shape index (κ1) is 20.6. The summed E-state index contributed by atoms with van der Waals surface area (Å²) in [4.78, 5) is 21.7. The summed E-state index contributed by atoms with van der Waals surface area (Å²) in [6.45, 7) is 3.93. The van der Waals surface area contributed by atoms with E-state index in [1.165, 1.54) is 6.07 Å². The fourth-order valence-electron chi connectivity index (χ4n) is 3.27. The number of carbonyl (C=O) groups excluding carboxylic acids is 1. The summed E-state index contributed by atoms with van der Waals surface area (Å²) in [6, 6.07) is 5.33. The van der Waals surface area contributed by atoms with Crippen molar-refractivity contribution in [3.05, 3.63) is 48.3 Å². The molecule has 2 N–H and O–H groups in total. The molecule has 1 fully saturated rings. The van der Waals surface area contributed by atoms with Crippen LogP contribution in [0.15, 0.2) is 41.9 Å². The number of amides is 1. The molecule has 0 aliphatic carbocycles. The molecule has 1 aliphatic heterocycles. The maximum atomic E-state index is 14.4. The van der Waals surface area contributed by atoms with E-state index in [0.29, 0.717) is 37.9 Å². The Bertz CT molecular complexity index is 832. The fourth-order valence-corrected chi connectivity index (χ4v) is 3.27. The van der Waals surface area contributed by atoms with Gasteiger partial charge < -0.3 is 24.8 Å². The molecule has 1 aromatic heterocycles. The summed E-state index contributed by atoms with van der Waals surface area (Å²) >= 11 is 0. The Labute approximate surface area is 169 Å². The van der Waals surface area contributed by atoms with Crippen LogP contribution < -0.4 is 10.6 Å². The van der Waals surface area contributed by atoms with Crippen molar-refractivity contribution in [1.29, 1.82) is 0 Å². The number of aliphatic imine (C=N–C) groups is 1. The highest BCUT2D eigenvalue weighted by atomic mass is 19.1. The van der Waals surface area contributed by atoms with Crippen molar-refractivity contribution < 1.29 is 13.9 Å². The number of guanidine groups is 1. The lowest BCUT2D eigenvalue weighted by Crippen LogP contribution is -2.49. The van der Waals surface area contributed by atoms with Crippen LogP contribution in [-0.4, -0.2) is 59.3 Å². The number of imidazole rings is 1. The predicted octanol–water partition coefficient (Wildman–Crippen LogP) is 2.30. The second-order valence-electron chi connectivity index (χ2n) is 6.79. The highest BCUT2D eigenvalue weighted by molar-refractivity contribution is 5.80. The molecule has 1 aromatic carbocycles. The number of halogens is 1. The number of ether oxygens (including phenoxy) is 1. The summed E-state index contributed by atoms with van der Waals surface area (Å²) in [5.41, 5.74) is 1.27. The van der Waals surface area contributed by atoms with Gasteiger partial charge in [0.15, 0.2) is 5.96 Å². The van der Waals surface area contributed by atoms with Crippen molar-refractivity contribution in [2.75, 3.05) is 26.7 Å². The van der Waals surface area contributed by atoms with Crippen LogP contribution >= 0.6 is 0 Å². The minimum atomic E-state index is -0.309. The average Bonchev–Trinajstić information content (AvgIpc) is 3.26. The Kier molecular flexibility index (Phi) is 7.04. The molecule has 9 heteroatoms. The second-order valence-corrected chi connectivity index (χ2v) is 6.79. The van der Waals surface area contributed by atoms with Crippen LogP contribution in [0.4, 0.5) is 9.18 Å². The molecule has 2 aromatic rings. The molecule has 0 unspecified atom stereocenters. The third-order valence-electron chi connectivity index (χ3n) is 4.84. The smallest absolute Gasteiger partial charge is 0.409 e. The first-order chi connectivity index (χ1) is 14.1. The van der Waals surface area contributed by atoms with E-state index in [1.807, 2.05) is 6.07 Å². The number of rotatable bonds is 5. The Balaban J connectivity index is 1.49. The number of hydrogen-bond acceptors (Lipinski definition) is 4. The molecule has 0 saturated carbocycles. The number of piperidine rings is 1. The Morgan fingerprint density at radius 1 is 1.38 bits per heavy atom. The van der Waals surface area contributed by atoms with E-state index in [-0.39, 0.29) is 18.0 Å². The lowest BCUT2D eigenvalue weighted by Gasteiger charge is -2.32. The number of nitrogens with zero attached hydrogens (tertiary/aromatic N) is 4. The van der Waals surface area contributed by atoms with Crippen LogP contribution in [0.25, 0.3) is 5.69 Å². The molecule has 3 rings (SSSR count). The van der Waals surface area contributed by atoms with E-state index < -0.39 is 0 Å². The fraction of sp³-hybridized carbons (Fsp3) is 0.450. The van der Waals surface area contributed by atoms with Gasteiger partial charge in [0.05, 0.1) is 18.6 Å². The number of aromatic nitrogens is 2. The maximum Gasteiger partial charge on any atom is 0.409 e. The monoisotopic (exact) mass is 402 g/mol. The van der Waals surface area contributed by atoms with Crippen LogP contribution in [0.5, 0.6) is 0 Å². The van der Waals surface area contributed by atoms with Gasteiger partial charge in [0.1, 0.15) is 5.82 Å². The van der Waals surface area contributed by atoms with Gasteiger partial charge in [0.25, 0.3) is 0 Å². The highest BCUT2D eigenvalue weighted by Gasteiger charge is 2.24. The Morgan fingerprint density at radius 2 is 2.17 bits per heavy atom. The van der Waals surface area contributed by atoms with E-state index in [1.54, 1.807) is 48.2 Å². The summed E-state index contributed by atoms with van der Waals surface area (Å²) in [5, 5.41) is 6.59. The number of hydrogen-bond donors (Lipinski definition) is 2. The quantitative estimate of drug-likeness (QED) is 0.592. The van der Waals surface area contributed by atoms with Crippen molar-refractivity contribution in [3.8, 4) is 5.69 Å². The van der Waals surface area contributed by atoms with E-state index in [4.69, 9.17) is 4.74 Å². The van der Waals surface area contributed by atoms with Gasteiger partial charge in [-0.05, 0) is 37.5 Å². The summed E-state index contributed by atoms with van der Waals surface area (Å²) in [7, 11) is 1.70. The van der Waals surface area contributed by atoms with Gasteiger partial charge in [-0.3, -0.25) is 4.99 Å². The van der Waals surface area contributed by atoms with E-state index in [9.17, 15) is 9.18 Å². The van der Waals surface area contributed by atoms with Gasteiger partial charge in [-0.25, -0.2) is 14.2 Å². The van der Waals surface area contributed by atoms with Crippen LogP contribution in [-0.2, 0) is 11.3 Å². The summed E-state index contributed by atoms with van der Waals surface area (Å²) in [6.07, 6.45) is 6.25. The molecule has 1 saturated heterocycles. The standard InChI is InChI=1S/C20H27FN6O2/c1-3-29-20(28)26-9-6-16(7-10-26)25-19(22-2)24-13-15-4-5-18(17(21)12-15)27-11-8-23-14-27/h4-5,8,11-12,14,16H,3,6-7,9-10,13H2,1-2H3,(H2,22,24,25). The van der Waals surface area contributed by atoms with Crippen molar-refractivity contribution in [2.45, 2.75) is 32.4 Å². The van der Waals surface area contributed by atoms with E-state index in [2.05, 4.69) is 20.6 Å². The molecule has 1 amide bonds. The van der Waals surface area contributed by atoms with E-state index >= 15 is 0 Å². The maximum absolute atomic E-state index is 14.4. The van der Waals surface area contributed by atoms with Gasteiger partial charge in [-0.15, -0.1) is 0 Å². The lowest BCUT2D eigenvalue weighted by molar-refractivity contribution is 0.0963. The van der Waals surface area contributed by atoms with Crippen LogP contribution in [0, 0.1) is 5.82 Å². The van der Waals surface area contributed by atoms with Gasteiger partial charge in [0, 0.05) is 45.1 Å². The number of likely N-dealkylation sites (tertiary alicyclic amines) is 1. The van der Waals surface area contributed by atoms with Crippen molar-refractivity contribution in [1.82, 2.24) is 25.1 Å². The average molecular weight is 402 g/mol. The van der Waals surface area contributed by atoms with Crippen molar-refractivity contribution >= 4 is 12.1 Å². The number of carbonyl (C=O) groups is 1. The van der Waals surface area contributed by atoms with Gasteiger partial charge in [0.2, 0.25) is 0 Å². The minimum absolute atomic E-state index is 0.215. The molecule has 0 atom stereocenters. The molecule has 0 bridgehead atoms. The van der Waals surface area contributed by atoms with Gasteiger partial charge >= 0.3 is 6.09 Å². The molecule has 0 radical (unpaired) electrons. The molecular formula is C20H27FN6O2. The Hall–Kier alpha value is -3.10. The summed E-state index contributed by atoms with van der Waals surface area (Å²) in [5.74, 6) is 0.343. The van der Waals surface area contributed by atoms with Crippen LogP contribution in [0.2, 0.25) is 0 Å². The predicted molar refractivity (Wildman–Crippen MR) is 108 cm³/mol.